The molecular weight excluding hydrogens is 416 g/mol. The first-order valence-corrected chi connectivity index (χ1v) is 11.5. The molecule has 2 rings (SSSR count). The van der Waals surface area contributed by atoms with E-state index in [0.29, 0.717) is 38.3 Å². The molecule has 0 radical (unpaired) electrons. The summed E-state index contributed by atoms with van der Waals surface area (Å²) in [6, 6.07) is 6.94. The molecular formula is C25H35F2NO4. The lowest BCUT2D eigenvalue weighted by Crippen LogP contribution is -2.34. The number of esters is 1. The van der Waals surface area contributed by atoms with Gasteiger partial charge in [0.2, 0.25) is 5.91 Å². The zero-order valence-electron chi connectivity index (χ0n) is 19.0. The monoisotopic (exact) mass is 451 g/mol. The van der Waals surface area contributed by atoms with Crippen LogP contribution in [-0.4, -0.2) is 47.2 Å². The number of benzene rings is 1. The van der Waals surface area contributed by atoms with E-state index in [1.54, 1.807) is 11.0 Å². The minimum atomic E-state index is -3.40. The highest BCUT2D eigenvalue weighted by Crippen LogP contribution is 2.32. The Morgan fingerprint density at radius 3 is 2.59 bits per heavy atom. The molecule has 5 nitrogen and oxygen atoms in total. The molecule has 0 spiro atoms. The Kier molecular flexibility index (Phi) is 10.3. The summed E-state index contributed by atoms with van der Waals surface area (Å²) in [4.78, 5) is 25.5. The van der Waals surface area contributed by atoms with Gasteiger partial charge in [-0.05, 0) is 25.2 Å². The highest BCUT2D eigenvalue weighted by Gasteiger charge is 2.39. The zero-order valence-corrected chi connectivity index (χ0v) is 19.0. The van der Waals surface area contributed by atoms with Crippen molar-refractivity contribution in [2.45, 2.75) is 76.9 Å². The van der Waals surface area contributed by atoms with Crippen molar-refractivity contribution in [1.29, 1.82) is 0 Å². The number of unbranched alkanes of at least 4 members (excludes halogenated alkanes) is 3. The number of carbonyl (C=O) groups excluding carboxylic acids is 2. The lowest BCUT2D eigenvalue weighted by atomic mass is 10.0. The number of ether oxygens (including phenoxy) is 1. The van der Waals surface area contributed by atoms with Crippen LogP contribution in [0.5, 0.6) is 0 Å². The van der Waals surface area contributed by atoms with Gasteiger partial charge in [-0.3, -0.25) is 9.59 Å². The highest BCUT2D eigenvalue weighted by atomic mass is 19.3. The topological polar surface area (TPSA) is 66.8 Å². The largest absolute Gasteiger partial charge is 0.465 e. The standard InChI is InChI=1S/C25H35F2NO4/c1-19(2)18-32-24(31)12-8-3-4-9-17-28-21(14-16-23(28)30)13-15-22(29)25(26,27)20-10-6-5-7-11-20/h5-7,10-11,13,15,19,21-22,29H,3-4,8-9,12,14,16-18H2,1-2H3/t21-,22+/m0/s1. The predicted octanol–water partition coefficient (Wildman–Crippen LogP) is 4.84. The third-order valence-corrected chi connectivity index (χ3v) is 5.53. The van der Waals surface area contributed by atoms with E-state index in [1.165, 1.54) is 30.3 Å². The van der Waals surface area contributed by atoms with Gasteiger partial charge in [-0.1, -0.05) is 69.2 Å². The molecule has 0 aromatic heterocycles. The van der Waals surface area contributed by atoms with Crippen molar-refractivity contribution < 1.29 is 28.2 Å². The van der Waals surface area contributed by atoms with Gasteiger partial charge in [0.1, 0.15) is 6.10 Å². The number of hydrogen-bond donors (Lipinski definition) is 1. The molecule has 0 bridgehead atoms. The molecule has 178 valence electrons. The maximum Gasteiger partial charge on any atom is 0.305 e. The molecule has 32 heavy (non-hydrogen) atoms. The van der Waals surface area contributed by atoms with Gasteiger partial charge in [0.25, 0.3) is 0 Å². The van der Waals surface area contributed by atoms with Crippen molar-refractivity contribution in [1.82, 2.24) is 4.90 Å². The Morgan fingerprint density at radius 2 is 1.91 bits per heavy atom. The van der Waals surface area contributed by atoms with E-state index in [0.717, 1.165) is 31.8 Å². The predicted molar refractivity (Wildman–Crippen MR) is 119 cm³/mol. The maximum absolute atomic E-state index is 14.4. The quantitative estimate of drug-likeness (QED) is 0.265. The molecule has 1 fully saturated rings. The van der Waals surface area contributed by atoms with Gasteiger partial charge in [0, 0.05) is 24.9 Å². The van der Waals surface area contributed by atoms with Crippen LogP contribution in [0.4, 0.5) is 8.78 Å². The van der Waals surface area contributed by atoms with Crippen molar-refractivity contribution in [3.05, 3.63) is 48.0 Å². The Labute approximate surface area is 189 Å². The summed E-state index contributed by atoms with van der Waals surface area (Å²) in [6.07, 6.45) is 5.25. The van der Waals surface area contributed by atoms with Crippen molar-refractivity contribution in [2.75, 3.05) is 13.2 Å². The fraction of sp³-hybridized carbons (Fsp3) is 0.600. The summed E-state index contributed by atoms with van der Waals surface area (Å²) >= 11 is 0. The molecule has 1 saturated heterocycles. The zero-order chi connectivity index (χ0) is 23.6. The molecule has 1 aliphatic heterocycles. The SMILES string of the molecule is CC(C)COC(=O)CCCCCCN1C(=O)CC[C@@H]1C=C[C@@H](O)C(F)(F)c1ccccc1. The van der Waals surface area contributed by atoms with Crippen LogP contribution in [0.2, 0.25) is 0 Å². The van der Waals surface area contributed by atoms with Gasteiger partial charge in [0.05, 0.1) is 12.6 Å². The van der Waals surface area contributed by atoms with Crippen LogP contribution >= 0.6 is 0 Å². The highest BCUT2D eigenvalue weighted by molar-refractivity contribution is 5.79. The number of amides is 1. The summed E-state index contributed by atoms with van der Waals surface area (Å²) in [6.45, 7) is 4.96. The van der Waals surface area contributed by atoms with E-state index in [1.807, 2.05) is 13.8 Å². The number of aliphatic hydroxyl groups excluding tert-OH is 1. The third kappa shape index (κ3) is 8.01. The Hall–Kier alpha value is -2.28. The van der Waals surface area contributed by atoms with Crippen molar-refractivity contribution in [2.24, 2.45) is 5.92 Å². The molecule has 1 amide bonds. The Balaban J connectivity index is 1.75. The smallest absolute Gasteiger partial charge is 0.305 e. The number of hydrogen-bond acceptors (Lipinski definition) is 4. The fourth-order valence-electron chi connectivity index (χ4n) is 3.67. The number of alkyl halides is 2. The second-order valence-electron chi connectivity index (χ2n) is 8.75. The van der Waals surface area contributed by atoms with Crippen LogP contribution in [-0.2, 0) is 20.2 Å². The number of halogens is 2. The minimum absolute atomic E-state index is 0.00113. The lowest BCUT2D eigenvalue weighted by molar-refractivity contribution is -0.144. The van der Waals surface area contributed by atoms with Gasteiger partial charge in [-0.2, -0.15) is 8.78 Å². The molecule has 0 aliphatic carbocycles. The molecule has 1 aliphatic rings. The first kappa shape index (κ1) is 26.0. The lowest BCUT2D eigenvalue weighted by Gasteiger charge is -2.24. The average Bonchev–Trinajstić information content (AvgIpc) is 3.12. The summed E-state index contributed by atoms with van der Waals surface area (Å²) in [5.74, 6) is -3.25. The second-order valence-corrected chi connectivity index (χ2v) is 8.75. The van der Waals surface area contributed by atoms with Gasteiger partial charge in [0.15, 0.2) is 0 Å². The van der Waals surface area contributed by atoms with Gasteiger partial charge in [-0.15, -0.1) is 0 Å². The maximum atomic E-state index is 14.4. The van der Waals surface area contributed by atoms with Crippen LogP contribution in [0.15, 0.2) is 42.5 Å². The van der Waals surface area contributed by atoms with E-state index in [4.69, 9.17) is 4.74 Å². The summed E-state index contributed by atoms with van der Waals surface area (Å²) in [5.41, 5.74) is -0.246. The first-order valence-electron chi connectivity index (χ1n) is 11.5. The number of aliphatic hydroxyl groups is 1. The van der Waals surface area contributed by atoms with Crippen molar-refractivity contribution in [3.63, 3.8) is 0 Å². The minimum Gasteiger partial charge on any atom is -0.465 e. The fourth-order valence-corrected chi connectivity index (χ4v) is 3.67. The molecule has 0 unspecified atom stereocenters. The average molecular weight is 452 g/mol. The first-order chi connectivity index (χ1) is 15.2. The van der Waals surface area contributed by atoms with Crippen molar-refractivity contribution in [3.8, 4) is 0 Å². The van der Waals surface area contributed by atoms with E-state index in [-0.39, 0.29) is 23.5 Å². The summed E-state index contributed by atoms with van der Waals surface area (Å²) < 4.78 is 34.0. The van der Waals surface area contributed by atoms with E-state index < -0.39 is 12.0 Å². The number of likely N-dealkylation sites (tertiary alicyclic amines) is 1. The summed E-state index contributed by atoms with van der Waals surface area (Å²) in [7, 11) is 0. The van der Waals surface area contributed by atoms with Gasteiger partial charge >= 0.3 is 11.9 Å². The summed E-state index contributed by atoms with van der Waals surface area (Å²) in [5, 5.41) is 10.1. The molecule has 2 atom stereocenters. The van der Waals surface area contributed by atoms with Gasteiger partial charge < -0.3 is 14.7 Å². The van der Waals surface area contributed by atoms with Crippen LogP contribution in [0.3, 0.4) is 0 Å². The van der Waals surface area contributed by atoms with Crippen LogP contribution in [0.1, 0.15) is 64.4 Å². The Bertz CT molecular complexity index is 752. The van der Waals surface area contributed by atoms with E-state index >= 15 is 0 Å². The van der Waals surface area contributed by atoms with E-state index in [9.17, 15) is 23.5 Å². The Morgan fingerprint density at radius 1 is 1.22 bits per heavy atom. The molecule has 1 N–H and O–H groups in total. The van der Waals surface area contributed by atoms with Crippen molar-refractivity contribution >= 4 is 11.9 Å². The van der Waals surface area contributed by atoms with Crippen LogP contribution < -0.4 is 0 Å². The third-order valence-electron chi connectivity index (χ3n) is 5.53. The molecule has 1 aromatic carbocycles. The molecule has 7 heteroatoms. The number of rotatable bonds is 13. The molecule has 0 saturated carbocycles. The number of nitrogens with zero attached hydrogens (tertiary/aromatic N) is 1. The second kappa shape index (κ2) is 12.7. The van der Waals surface area contributed by atoms with Crippen LogP contribution in [0, 0.1) is 5.92 Å². The molecule has 1 aromatic rings. The van der Waals surface area contributed by atoms with E-state index in [2.05, 4.69) is 0 Å². The normalized spacial score (nSPS) is 18.0. The number of carbonyl (C=O) groups is 2. The van der Waals surface area contributed by atoms with Gasteiger partial charge in [-0.25, -0.2) is 0 Å². The van der Waals surface area contributed by atoms with Crippen LogP contribution in [0.25, 0.3) is 0 Å². The molecule has 1 heterocycles.